The Morgan fingerprint density at radius 2 is 1.86 bits per heavy atom. The lowest BCUT2D eigenvalue weighted by Gasteiger charge is -2.14. The summed E-state index contributed by atoms with van der Waals surface area (Å²) >= 11 is 0. The summed E-state index contributed by atoms with van der Waals surface area (Å²) in [7, 11) is 0. The first-order chi connectivity index (χ1) is 10.8. The third-order valence-corrected chi connectivity index (χ3v) is 3.48. The second kappa shape index (κ2) is 6.02. The maximum atomic E-state index is 5.65. The molecule has 112 valence electrons. The lowest BCUT2D eigenvalue weighted by atomic mass is 10.1. The Bertz CT molecular complexity index is 775. The van der Waals surface area contributed by atoms with E-state index < -0.39 is 0 Å². The van der Waals surface area contributed by atoms with Gasteiger partial charge in [-0.25, -0.2) is 9.67 Å². The van der Waals surface area contributed by atoms with Crippen LogP contribution in [0, 0.1) is 6.92 Å². The largest absolute Gasteiger partial charge is 0.472 e. The van der Waals surface area contributed by atoms with E-state index in [2.05, 4.69) is 41.3 Å². The van der Waals surface area contributed by atoms with Gasteiger partial charge in [-0.15, -0.1) is 0 Å². The van der Waals surface area contributed by atoms with E-state index in [4.69, 9.17) is 4.74 Å². The average molecular weight is 293 g/mol. The third kappa shape index (κ3) is 2.48. The second-order valence-electron chi connectivity index (χ2n) is 4.93. The second-order valence-corrected chi connectivity index (χ2v) is 4.93. The zero-order valence-corrected chi connectivity index (χ0v) is 13.1. The molecule has 0 radical (unpaired) electrons. The lowest BCUT2D eigenvalue weighted by molar-refractivity contribution is 0.290. The van der Waals surface area contributed by atoms with E-state index in [1.807, 2.05) is 36.9 Å². The van der Waals surface area contributed by atoms with Crippen LogP contribution in [-0.2, 0) is 6.61 Å². The highest BCUT2D eigenvalue weighted by Crippen LogP contribution is 2.34. The van der Waals surface area contributed by atoms with Gasteiger partial charge in [0.15, 0.2) is 0 Å². The van der Waals surface area contributed by atoms with Crippen LogP contribution in [0.15, 0.2) is 48.8 Å². The van der Waals surface area contributed by atoms with Gasteiger partial charge >= 0.3 is 0 Å². The van der Waals surface area contributed by atoms with E-state index in [9.17, 15) is 0 Å². The number of hydrogen-bond acceptors (Lipinski definition) is 3. The smallest absolute Gasteiger partial charge is 0.223 e. The zero-order valence-electron chi connectivity index (χ0n) is 13.1. The first-order valence-corrected chi connectivity index (χ1v) is 7.55. The number of benzene rings is 1. The van der Waals surface area contributed by atoms with Crippen LogP contribution in [0.2, 0.25) is 0 Å². The van der Waals surface area contributed by atoms with Crippen molar-refractivity contribution in [1.29, 1.82) is 0 Å². The summed E-state index contributed by atoms with van der Waals surface area (Å²) in [4.78, 5) is 4.24. The van der Waals surface area contributed by atoms with Crippen LogP contribution in [0.25, 0.3) is 16.9 Å². The van der Waals surface area contributed by atoms with Crippen LogP contribution in [0.4, 0.5) is 0 Å². The van der Waals surface area contributed by atoms with E-state index >= 15 is 0 Å². The number of hydrogen-bond donors (Lipinski definition) is 0. The van der Waals surface area contributed by atoms with Gasteiger partial charge in [-0.3, -0.25) is 0 Å². The Kier molecular flexibility index (Phi) is 3.92. The summed E-state index contributed by atoms with van der Waals surface area (Å²) in [6, 6.07) is 12.2. The van der Waals surface area contributed by atoms with E-state index in [0.29, 0.717) is 12.5 Å². The molecule has 3 heterocycles. The number of fused-ring (bicyclic) bond motifs is 3. The standard InChI is InChI=1S/C16H13N3O.C2H6/c1-11-4-6-13(7-5-11)19-9-12-10-20-16-14(15(12)18-19)3-2-8-17-16;1-2/h2-9H,10H2,1H3;1-2H3. The van der Waals surface area contributed by atoms with Crippen molar-refractivity contribution in [3.05, 3.63) is 59.9 Å². The van der Waals surface area contributed by atoms with Gasteiger partial charge in [0.05, 0.1) is 11.3 Å². The molecule has 0 unspecified atom stereocenters. The zero-order chi connectivity index (χ0) is 15.5. The predicted molar refractivity (Wildman–Crippen MR) is 87.2 cm³/mol. The summed E-state index contributed by atoms with van der Waals surface area (Å²) in [5.41, 5.74) is 5.30. The Balaban J connectivity index is 0.000000693. The van der Waals surface area contributed by atoms with Crippen LogP contribution in [-0.4, -0.2) is 14.8 Å². The van der Waals surface area contributed by atoms with Crippen LogP contribution in [0.5, 0.6) is 5.88 Å². The van der Waals surface area contributed by atoms with Gasteiger partial charge in [0.1, 0.15) is 12.3 Å². The minimum atomic E-state index is 0.519. The lowest BCUT2D eigenvalue weighted by Crippen LogP contribution is -2.05. The predicted octanol–water partition coefficient (Wildman–Crippen LogP) is 4.16. The van der Waals surface area contributed by atoms with Crippen molar-refractivity contribution in [2.45, 2.75) is 27.4 Å². The van der Waals surface area contributed by atoms with E-state index in [-0.39, 0.29) is 0 Å². The van der Waals surface area contributed by atoms with E-state index in [1.165, 1.54) is 5.56 Å². The van der Waals surface area contributed by atoms with Gasteiger partial charge in [-0.2, -0.15) is 5.10 Å². The van der Waals surface area contributed by atoms with Crippen molar-refractivity contribution < 1.29 is 4.74 Å². The summed E-state index contributed by atoms with van der Waals surface area (Å²) in [6.45, 7) is 6.60. The Morgan fingerprint density at radius 3 is 2.64 bits per heavy atom. The normalized spacial score (nSPS) is 11.6. The summed E-state index contributed by atoms with van der Waals surface area (Å²) in [5, 5.41) is 4.69. The molecular weight excluding hydrogens is 274 g/mol. The Hall–Kier alpha value is -2.62. The van der Waals surface area contributed by atoms with Gasteiger partial charge in [0.25, 0.3) is 0 Å². The van der Waals surface area contributed by atoms with Gasteiger partial charge < -0.3 is 4.74 Å². The SMILES string of the molecule is CC.Cc1ccc(-n2cc3c(n2)-c2cccnc2OC3)cc1. The molecule has 1 aliphatic heterocycles. The van der Waals surface area contributed by atoms with Gasteiger partial charge in [0, 0.05) is 18.0 Å². The van der Waals surface area contributed by atoms with Crippen molar-refractivity contribution in [1.82, 2.24) is 14.8 Å². The molecule has 0 saturated heterocycles. The minimum Gasteiger partial charge on any atom is -0.472 e. The molecule has 0 fully saturated rings. The van der Waals surface area contributed by atoms with E-state index in [1.54, 1.807) is 6.20 Å². The maximum absolute atomic E-state index is 5.65. The van der Waals surface area contributed by atoms with Gasteiger partial charge in [-0.05, 0) is 31.2 Å². The fraction of sp³-hybridized carbons (Fsp3) is 0.222. The van der Waals surface area contributed by atoms with Crippen LogP contribution < -0.4 is 4.74 Å². The van der Waals surface area contributed by atoms with Crippen molar-refractivity contribution in [2.75, 3.05) is 0 Å². The molecule has 1 aliphatic rings. The summed E-state index contributed by atoms with van der Waals surface area (Å²) in [5.74, 6) is 0.661. The highest BCUT2D eigenvalue weighted by atomic mass is 16.5. The molecule has 0 amide bonds. The number of rotatable bonds is 1. The van der Waals surface area contributed by atoms with E-state index in [0.717, 1.165) is 22.5 Å². The molecule has 4 rings (SSSR count). The van der Waals surface area contributed by atoms with Crippen LogP contribution in [0.1, 0.15) is 25.0 Å². The van der Waals surface area contributed by atoms with Crippen molar-refractivity contribution in [3.8, 4) is 22.8 Å². The summed E-state index contributed by atoms with van der Waals surface area (Å²) in [6.07, 6.45) is 3.76. The molecule has 0 N–H and O–H groups in total. The van der Waals surface area contributed by atoms with Crippen LogP contribution in [0.3, 0.4) is 0 Å². The highest BCUT2D eigenvalue weighted by molar-refractivity contribution is 5.69. The fourth-order valence-corrected chi connectivity index (χ4v) is 2.40. The molecule has 2 aromatic heterocycles. The minimum absolute atomic E-state index is 0.519. The number of nitrogens with zero attached hydrogens (tertiary/aromatic N) is 3. The molecule has 1 aromatic carbocycles. The first-order valence-electron chi connectivity index (χ1n) is 7.55. The Labute approximate surface area is 130 Å². The molecule has 0 saturated carbocycles. The number of pyridine rings is 1. The van der Waals surface area contributed by atoms with Crippen molar-refractivity contribution >= 4 is 0 Å². The topological polar surface area (TPSA) is 39.9 Å². The number of ether oxygens (including phenoxy) is 1. The molecule has 0 aliphatic carbocycles. The molecular formula is C18H19N3O. The quantitative estimate of drug-likeness (QED) is 0.676. The molecule has 4 heteroatoms. The first kappa shape index (κ1) is 14.3. The third-order valence-electron chi connectivity index (χ3n) is 3.48. The number of aromatic nitrogens is 3. The highest BCUT2D eigenvalue weighted by Gasteiger charge is 2.21. The monoisotopic (exact) mass is 293 g/mol. The molecule has 0 atom stereocenters. The fourth-order valence-electron chi connectivity index (χ4n) is 2.40. The molecule has 4 nitrogen and oxygen atoms in total. The Morgan fingerprint density at radius 1 is 1.09 bits per heavy atom. The summed E-state index contributed by atoms with van der Waals surface area (Å²) < 4.78 is 7.55. The van der Waals surface area contributed by atoms with Gasteiger partial charge in [-0.1, -0.05) is 31.5 Å². The average Bonchev–Trinajstić information content (AvgIpc) is 3.02. The molecule has 0 spiro atoms. The maximum Gasteiger partial charge on any atom is 0.223 e. The molecule has 22 heavy (non-hydrogen) atoms. The molecule has 3 aromatic rings. The van der Waals surface area contributed by atoms with Crippen LogP contribution >= 0.6 is 0 Å². The number of aryl methyl sites for hydroxylation is 1. The van der Waals surface area contributed by atoms with Crippen molar-refractivity contribution in [2.24, 2.45) is 0 Å². The van der Waals surface area contributed by atoms with Crippen molar-refractivity contribution in [3.63, 3.8) is 0 Å². The molecule has 0 bridgehead atoms. The van der Waals surface area contributed by atoms with Gasteiger partial charge in [0.2, 0.25) is 5.88 Å².